The Morgan fingerprint density at radius 3 is 2.64 bits per heavy atom. The molecule has 0 heterocycles. The fraction of sp³-hybridized carbons (Fsp3) is 0.550. The first-order valence-corrected chi connectivity index (χ1v) is 9.34. The van der Waals surface area contributed by atoms with E-state index >= 15 is 0 Å². The number of anilines is 1. The van der Waals surface area contributed by atoms with Gasteiger partial charge in [-0.05, 0) is 43.9 Å². The monoisotopic (exact) mass is 343 g/mol. The Morgan fingerprint density at radius 2 is 1.92 bits per heavy atom. The number of unbranched alkanes of at least 4 members (excludes halogenated alkanes) is 4. The van der Waals surface area contributed by atoms with Gasteiger partial charge in [0, 0.05) is 18.0 Å². The number of hydrogen-bond acceptors (Lipinski definition) is 3. The molecule has 25 heavy (non-hydrogen) atoms. The first-order valence-electron chi connectivity index (χ1n) is 9.34. The SMILES string of the molecule is CCCCCCCC(=O)N/N=C(\C)c1cccc(NC(=O)C2CC2)c1. The molecule has 0 bridgehead atoms. The molecule has 0 unspecified atom stereocenters. The third-order valence-corrected chi connectivity index (χ3v) is 4.35. The van der Waals surface area contributed by atoms with Gasteiger partial charge in [0.2, 0.25) is 11.8 Å². The Bertz CT molecular complexity index is 621. The van der Waals surface area contributed by atoms with Gasteiger partial charge in [-0.1, -0.05) is 44.7 Å². The van der Waals surface area contributed by atoms with Gasteiger partial charge in [0.05, 0.1) is 5.71 Å². The van der Waals surface area contributed by atoms with Gasteiger partial charge < -0.3 is 5.32 Å². The van der Waals surface area contributed by atoms with Crippen LogP contribution in [-0.4, -0.2) is 17.5 Å². The number of carbonyl (C=O) groups excluding carboxylic acids is 2. The fourth-order valence-corrected chi connectivity index (χ4v) is 2.57. The van der Waals surface area contributed by atoms with E-state index in [9.17, 15) is 9.59 Å². The highest BCUT2D eigenvalue weighted by atomic mass is 16.2. The average molecular weight is 343 g/mol. The van der Waals surface area contributed by atoms with Crippen molar-refractivity contribution < 1.29 is 9.59 Å². The van der Waals surface area contributed by atoms with E-state index in [0.29, 0.717) is 6.42 Å². The van der Waals surface area contributed by atoms with Crippen LogP contribution in [0.4, 0.5) is 5.69 Å². The zero-order chi connectivity index (χ0) is 18.1. The number of hydrogen-bond donors (Lipinski definition) is 2. The van der Waals surface area contributed by atoms with Crippen LogP contribution in [0.15, 0.2) is 29.4 Å². The van der Waals surface area contributed by atoms with E-state index in [1.54, 1.807) is 0 Å². The van der Waals surface area contributed by atoms with Crippen molar-refractivity contribution >= 4 is 23.2 Å². The number of nitrogens with zero attached hydrogens (tertiary/aromatic N) is 1. The van der Waals surface area contributed by atoms with E-state index in [4.69, 9.17) is 0 Å². The van der Waals surface area contributed by atoms with Crippen molar-refractivity contribution in [2.45, 2.75) is 65.2 Å². The summed E-state index contributed by atoms with van der Waals surface area (Å²) >= 11 is 0. The molecule has 5 nitrogen and oxygen atoms in total. The highest BCUT2D eigenvalue weighted by Crippen LogP contribution is 2.30. The summed E-state index contributed by atoms with van der Waals surface area (Å²) in [5, 5.41) is 7.11. The topological polar surface area (TPSA) is 70.6 Å². The van der Waals surface area contributed by atoms with Crippen LogP contribution in [0.25, 0.3) is 0 Å². The van der Waals surface area contributed by atoms with Crippen LogP contribution in [0.5, 0.6) is 0 Å². The van der Waals surface area contributed by atoms with E-state index in [0.717, 1.165) is 42.6 Å². The van der Waals surface area contributed by atoms with Gasteiger partial charge in [0.25, 0.3) is 0 Å². The number of amides is 2. The van der Waals surface area contributed by atoms with Crippen molar-refractivity contribution in [1.82, 2.24) is 5.43 Å². The lowest BCUT2D eigenvalue weighted by molar-refractivity contribution is -0.121. The molecular weight excluding hydrogens is 314 g/mol. The van der Waals surface area contributed by atoms with Gasteiger partial charge in [-0.3, -0.25) is 9.59 Å². The first kappa shape index (κ1) is 19.2. The standard InChI is InChI=1S/C20H29N3O2/c1-3-4-5-6-7-11-19(24)23-22-15(2)17-9-8-10-18(14-17)21-20(25)16-12-13-16/h8-10,14,16H,3-7,11-13H2,1-2H3,(H,21,25)(H,23,24)/b22-15+. The molecule has 0 radical (unpaired) electrons. The first-order chi connectivity index (χ1) is 12.1. The molecule has 2 amide bonds. The molecule has 0 aliphatic heterocycles. The van der Waals surface area contributed by atoms with Crippen LogP contribution in [0.2, 0.25) is 0 Å². The molecule has 2 N–H and O–H groups in total. The molecule has 1 aliphatic rings. The third-order valence-electron chi connectivity index (χ3n) is 4.35. The smallest absolute Gasteiger partial charge is 0.240 e. The van der Waals surface area contributed by atoms with E-state index in [1.807, 2.05) is 31.2 Å². The van der Waals surface area contributed by atoms with Crippen LogP contribution < -0.4 is 10.7 Å². The van der Waals surface area contributed by atoms with Crippen LogP contribution in [0.1, 0.15) is 70.8 Å². The van der Waals surface area contributed by atoms with Crippen molar-refractivity contribution in [2.24, 2.45) is 11.0 Å². The Labute approximate surface area is 150 Å². The lowest BCUT2D eigenvalue weighted by Gasteiger charge is -2.07. The molecule has 1 saturated carbocycles. The lowest BCUT2D eigenvalue weighted by atomic mass is 10.1. The molecule has 1 aliphatic carbocycles. The van der Waals surface area contributed by atoms with Crippen LogP contribution in [0.3, 0.4) is 0 Å². The summed E-state index contributed by atoms with van der Waals surface area (Å²) < 4.78 is 0. The Hall–Kier alpha value is -2.17. The maximum absolute atomic E-state index is 11.8. The predicted octanol–water partition coefficient (Wildman–Crippen LogP) is 4.24. The van der Waals surface area contributed by atoms with Crippen LogP contribution >= 0.6 is 0 Å². The zero-order valence-corrected chi connectivity index (χ0v) is 15.3. The normalized spacial score (nSPS) is 14.2. The molecular formula is C20H29N3O2. The van der Waals surface area contributed by atoms with Crippen molar-refractivity contribution in [1.29, 1.82) is 0 Å². The van der Waals surface area contributed by atoms with Gasteiger partial charge in [-0.25, -0.2) is 5.43 Å². The summed E-state index contributed by atoms with van der Waals surface area (Å²) in [6.07, 6.45) is 8.09. The van der Waals surface area contributed by atoms with Crippen LogP contribution in [-0.2, 0) is 9.59 Å². The Balaban J connectivity index is 1.80. The minimum absolute atomic E-state index is 0.0472. The number of nitrogens with one attached hydrogen (secondary N) is 2. The minimum Gasteiger partial charge on any atom is -0.326 e. The number of benzene rings is 1. The van der Waals surface area contributed by atoms with Crippen LogP contribution in [0, 0.1) is 5.92 Å². The average Bonchev–Trinajstić information content (AvgIpc) is 3.45. The number of rotatable bonds is 10. The third kappa shape index (κ3) is 7.08. The second-order valence-electron chi connectivity index (χ2n) is 6.74. The van der Waals surface area contributed by atoms with Gasteiger partial charge in [0.15, 0.2) is 0 Å². The van der Waals surface area contributed by atoms with Crippen molar-refractivity contribution in [2.75, 3.05) is 5.32 Å². The van der Waals surface area contributed by atoms with Gasteiger partial charge in [-0.2, -0.15) is 5.10 Å². The summed E-state index contributed by atoms with van der Waals surface area (Å²) in [7, 11) is 0. The predicted molar refractivity (Wildman–Crippen MR) is 102 cm³/mol. The van der Waals surface area contributed by atoms with E-state index in [1.165, 1.54) is 19.3 Å². The second-order valence-corrected chi connectivity index (χ2v) is 6.74. The van der Waals surface area contributed by atoms with E-state index in [2.05, 4.69) is 22.8 Å². The molecule has 136 valence electrons. The molecule has 0 aromatic heterocycles. The molecule has 1 fully saturated rings. The van der Waals surface area contributed by atoms with Crippen molar-refractivity contribution in [3.63, 3.8) is 0 Å². The van der Waals surface area contributed by atoms with Gasteiger partial charge in [-0.15, -0.1) is 0 Å². The molecule has 0 atom stereocenters. The lowest BCUT2D eigenvalue weighted by Crippen LogP contribution is -2.19. The highest BCUT2D eigenvalue weighted by molar-refractivity contribution is 6.01. The Morgan fingerprint density at radius 1 is 1.16 bits per heavy atom. The minimum atomic E-state index is -0.0472. The molecule has 1 aromatic carbocycles. The summed E-state index contributed by atoms with van der Waals surface area (Å²) in [6, 6.07) is 7.55. The summed E-state index contributed by atoms with van der Waals surface area (Å²) in [5.41, 5.74) is 5.00. The quantitative estimate of drug-likeness (QED) is 0.379. The van der Waals surface area contributed by atoms with Gasteiger partial charge in [0.1, 0.15) is 0 Å². The van der Waals surface area contributed by atoms with Gasteiger partial charge >= 0.3 is 0 Å². The van der Waals surface area contributed by atoms with Crippen molar-refractivity contribution in [3.05, 3.63) is 29.8 Å². The molecule has 1 aromatic rings. The molecule has 0 spiro atoms. The molecule has 0 saturated heterocycles. The maximum Gasteiger partial charge on any atom is 0.240 e. The molecule has 2 rings (SSSR count). The fourth-order valence-electron chi connectivity index (χ4n) is 2.57. The Kier molecular flexibility index (Phi) is 7.64. The summed E-state index contributed by atoms with van der Waals surface area (Å²) in [6.45, 7) is 4.03. The summed E-state index contributed by atoms with van der Waals surface area (Å²) in [4.78, 5) is 23.7. The van der Waals surface area contributed by atoms with Crippen molar-refractivity contribution in [3.8, 4) is 0 Å². The summed E-state index contributed by atoms with van der Waals surface area (Å²) in [5.74, 6) is 0.215. The highest BCUT2D eigenvalue weighted by Gasteiger charge is 2.29. The number of hydrazone groups is 1. The van der Waals surface area contributed by atoms with E-state index in [-0.39, 0.29) is 17.7 Å². The molecule has 5 heteroatoms. The second kappa shape index (κ2) is 9.97. The zero-order valence-electron chi connectivity index (χ0n) is 15.3. The number of carbonyl (C=O) groups is 2. The largest absolute Gasteiger partial charge is 0.326 e. The maximum atomic E-state index is 11.8. The van der Waals surface area contributed by atoms with E-state index < -0.39 is 0 Å².